The topological polar surface area (TPSA) is 82.0 Å². The molecular weight excluding hydrogens is 396 g/mol. The molecule has 0 atom stereocenters. The van der Waals surface area contributed by atoms with Crippen LogP contribution in [0, 0.1) is 6.92 Å². The summed E-state index contributed by atoms with van der Waals surface area (Å²) >= 11 is 0. The first-order valence-corrected chi connectivity index (χ1v) is 10.1. The van der Waals surface area contributed by atoms with E-state index in [1.165, 1.54) is 25.7 Å². The number of aryl methyl sites for hydroxylation is 1. The number of amides is 1. The van der Waals surface area contributed by atoms with E-state index in [2.05, 4.69) is 35.0 Å². The van der Waals surface area contributed by atoms with Crippen molar-refractivity contribution in [2.45, 2.75) is 13.5 Å². The van der Waals surface area contributed by atoms with Crippen LogP contribution in [-0.4, -0.2) is 49.6 Å². The Hall–Kier alpha value is -3.45. The minimum absolute atomic E-state index is 0.119. The Kier molecular flexibility index (Phi) is 7.56. The maximum absolute atomic E-state index is 12.3. The van der Waals surface area contributed by atoms with E-state index < -0.39 is 0 Å². The van der Waals surface area contributed by atoms with E-state index in [1.54, 1.807) is 18.2 Å². The van der Waals surface area contributed by atoms with Gasteiger partial charge in [-0.25, -0.2) is 0 Å². The van der Waals surface area contributed by atoms with Gasteiger partial charge in [-0.3, -0.25) is 4.79 Å². The Bertz CT molecular complexity index is 1050. The van der Waals surface area contributed by atoms with Gasteiger partial charge in [0.05, 0.1) is 20.8 Å². The first-order valence-electron chi connectivity index (χ1n) is 10.1. The van der Waals surface area contributed by atoms with Crippen molar-refractivity contribution in [2.75, 3.05) is 34.0 Å². The van der Waals surface area contributed by atoms with Crippen LogP contribution in [0.25, 0.3) is 17.0 Å². The molecule has 7 heteroatoms. The SMILES string of the molecule is COc1cc(/C=C/C(=O)NCCn2c(C)cc3ccccc32)cc(OC)c1OCCO. The zero-order valence-electron chi connectivity index (χ0n) is 18.1. The molecule has 31 heavy (non-hydrogen) atoms. The lowest BCUT2D eigenvalue weighted by molar-refractivity contribution is -0.116. The molecule has 0 aliphatic rings. The van der Waals surface area contributed by atoms with Crippen LogP contribution in [0.1, 0.15) is 11.3 Å². The average Bonchev–Trinajstić information content (AvgIpc) is 3.11. The molecule has 0 radical (unpaired) electrons. The number of ether oxygens (including phenoxy) is 3. The molecule has 0 spiro atoms. The first kappa shape index (κ1) is 22.2. The molecule has 3 rings (SSSR count). The summed E-state index contributed by atoms with van der Waals surface area (Å²) in [5, 5.41) is 13.1. The molecular formula is C24H28N2O5. The van der Waals surface area contributed by atoms with E-state index >= 15 is 0 Å². The number of benzene rings is 2. The zero-order valence-corrected chi connectivity index (χ0v) is 18.1. The van der Waals surface area contributed by atoms with Crippen molar-refractivity contribution < 1.29 is 24.1 Å². The van der Waals surface area contributed by atoms with Crippen LogP contribution in [0.2, 0.25) is 0 Å². The first-order chi connectivity index (χ1) is 15.1. The van der Waals surface area contributed by atoms with Gasteiger partial charge >= 0.3 is 0 Å². The minimum Gasteiger partial charge on any atom is -0.493 e. The molecule has 1 amide bonds. The Balaban J connectivity index is 1.63. The molecule has 3 aromatic rings. The number of hydrogen-bond donors (Lipinski definition) is 2. The maximum atomic E-state index is 12.3. The summed E-state index contributed by atoms with van der Waals surface area (Å²) in [6.07, 6.45) is 3.16. The van der Waals surface area contributed by atoms with E-state index in [0.29, 0.717) is 30.3 Å². The van der Waals surface area contributed by atoms with Gasteiger partial charge in [0, 0.05) is 30.4 Å². The monoisotopic (exact) mass is 424 g/mol. The molecule has 0 aliphatic heterocycles. The molecule has 1 heterocycles. The van der Waals surface area contributed by atoms with Gasteiger partial charge < -0.3 is 29.2 Å². The summed E-state index contributed by atoms with van der Waals surface area (Å²) in [7, 11) is 3.04. The number of nitrogens with one attached hydrogen (secondary N) is 1. The number of carbonyl (C=O) groups is 1. The maximum Gasteiger partial charge on any atom is 0.244 e. The Morgan fingerprint density at radius 2 is 1.84 bits per heavy atom. The molecule has 0 saturated heterocycles. The standard InChI is InChI=1S/C24H28N2O5/c1-17-14-19-6-4-5-7-20(19)26(17)11-10-25-23(28)9-8-18-15-21(29-2)24(31-13-12-27)22(16-18)30-3/h4-9,14-16,27H,10-13H2,1-3H3,(H,25,28)/b9-8+. The molecule has 1 aromatic heterocycles. The van der Waals surface area contributed by atoms with Crippen LogP contribution in [0.5, 0.6) is 17.2 Å². The normalized spacial score (nSPS) is 11.1. The van der Waals surface area contributed by atoms with Gasteiger partial charge in [0.2, 0.25) is 11.7 Å². The molecule has 164 valence electrons. The van der Waals surface area contributed by atoms with Crippen molar-refractivity contribution in [1.29, 1.82) is 0 Å². The molecule has 0 fully saturated rings. The third-order valence-electron chi connectivity index (χ3n) is 4.90. The quantitative estimate of drug-likeness (QED) is 0.489. The second-order valence-electron chi connectivity index (χ2n) is 6.95. The van der Waals surface area contributed by atoms with Crippen LogP contribution in [0.3, 0.4) is 0 Å². The molecule has 7 nitrogen and oxygen atoms in total. The highest BCUT2D eigenvalue weighted by molar-refractivity contribution is 5.92. The largest absolute Gasteiger partial charge is 0.493 e. The zero-order chi connectivity index (χ0) is 22.2. The van der Waals surface area contributed by atoms with Crippen LogP contribution in [-0.2, 0) is 11.3 Å². The molecule has 0 unspecified atom stereocenters. The minimum atomic E-state index is -0.187. The number of fused-ring (bicyclic) bond motifs is 1. The van der Waals surface area contributed by atoms with Crippen molar-refractivity contribution >= 4 is 22.9 Å². The number of hydrogen-bond acceptors (Lipinski definition) is 5. The summed E-state index contributed by atoms with van der Waals surface area (Å²) in [5.41, 5.74) is 3.05. The van der Waals surface area contributed by atoms with Crippen LogP contribution >= 0.6 is 0 Å². The van der Waals surface area contributed by atoms with Gasteiger partial charge in [-0.2, -0.15) is 0 Å². The summed E-state index contributed by atoms with van der Waals surface area (Å²) in [4.78, 5) is 12.3. The lowest BCUT2D eigenvalue weighted by Crippen LogP contribution is -2.25. The van der Waals surface area contributed by atoms with Crippen LogP contribution < -0.4 is 19.5 Å². The summed E-state index contributed by atoms with van der Waals surface area (Å²) in [5.74, 6) is 1.15. The summed E-state index contributed by atoms with van der Waals surface area (Å²) < 4.78 is 18.4. The van der Waals surface area contributed by atoms with Crippen molar-refractivity contribution in [3.63, 3.8) is 0 Å². The van der Waals surface area contributed by atoms with Gasteiger partial charge in [0.15, 0.2) is 11.5 Å². The highest BCUT2D eigenvalue weighted by Crippen LogP contribution is 2.38. The smallest absolute Gasteiger partial charge is 0.244 e. The van der Waals surface area contributed by atoms with Crippen molar-refractivity contribution in [2.24, 2.45) is 0 Å². The molecule has 0 saturated carbocycles. The van der Waals surface area contributed by atoms with Gasteiger partial charge in [-0.05, 0) is 48.2 Å². The van der Waals surface area contributed by atoms with Gasteiger partial charge in [-0.15, -0.1) is 0 Å². The van der Waals surface area contributed by atoms with E-state index in [1.807, 2.05) is 12.1 Å². The van der Waals surface area contributed by atoms with E-state index in [4.69, 9.17) is 19.3 Å². The number of nitrogens with zero attached hydrogens (tertiary/aromatic N) is 1. The molecule has 2 aromatic carbocycles. The summed E-state index contributed by atoms with van der Waals surface area (Å²) in [6.45, 7) is 3.28. The van der Waals surface area contributed by atoms with E-state index in [9.17, 15) is 4.79 Å². The van der Waals surface area contributed by atoms with Crippen molar-refractivity contribution in [3.8, 4) is 17.2 Å². The highest BCUT2D eigenvalue weighted by atomic mass is 16.5. The number of rotatable bonds is 10. The lowest BCUT2D eigenvalue weighted by Gasteiger charge is -2.14. The summed E-state index contributed by atoms with van der Waals surface area (Å²) in [6, 6.07) is 13.8. The number of carbonyl (C=O) groups excluding carboxylic acids is 1. The number of aliphatic hydroxyl groups is 1. The van der Waals surface area contributed by atoms with Gasteiger partial charge in [-0.1, -0.05) is 18.2 Å². The van der Waals surface area contributed by atoms with Gasteiger partial charge in [0.25, 0.3) is 0 Å². The Morgan fingerprint density at radius 3 is 2.52 bits per heavy atom. The third kappa shape index (κ3) is 5.38. The second-order valence-corrected chi connectivity index (χ2v) is 6.95. The van der Waals surface area contributed by atoms with E-state index in [-0.39, 0.29) is 19.1 Å². The second kappa shape index (κ2) is 10.5. The van der Waals surface area contributed by atoms with Crippen LogP contribution in [0.4, 0.5) is 0 Å². The number of aromatic nitrogens is 1. The Morgan fingerprint density at radius 1 is 1.13 bits per heavy atom. The number of aliphatic hydroxyl groups excluding tert-OH is 1. The molecule has 2 N–H and O–H groups in total. The molecule has 0 aliphatic carbocycles. The Labute approximate surface area is 181 Å². The fraction of sp³-hybridized carbons (Fsp3) is 0.292. The predicted octanol–water partition coefficient (Wildman–Crippen LogP) is 3.17. The fourth-order valence-corrected chi connectivity index (χ4v) is 3.45. The average molecular weight is 424 g/mol. The number of methoxy groups -OCH3 is 2. The highest BCUT2D eigenvalue weighted by Gasteiger charge is 2.13. The van der Waals surface area contributed by atoms with Gasteiger partial charge in [0.1, 0.15) is 6.61 Å². The fourth-order valence-electron chi connectivity index (χ4n) is 3.45. The van der Waals surface area contributed by atoms with E-state index in [0.717, 1.165) is 16.8 Å². The lowest BCUT2D eigenvalue weighted by atomic mass is 10.1. The third-order valence-corrected chi connectivity index (χ3v) is 4.90. The predicted molar refractivity (Wildman–Crippen MR) is 121 cm³/mol. The van der Waals surface area contributed by atoms with Crippen molar-refractivity contribution in [1.82, 2.24) is 9.88 Å². The number of para-hydroxylation sites is 1. The van der Waals surface area contributed by atoms with Crippen molar-refractivity contribution in [3.05, 3.63) is 59.8 Å². The molecule has 0 bridgehead atoms. The van der Waals surface area contributed by atoms with Crippen LogP contribution in [0.15, 0.2) is 48.5 Å².